The van der Waals surface area contributed by atoms with Crippen LogP contribution < -0.4 is 4.74 Å². The number of aromatic nitrogens is 1. The predicted molar refractivity (Wildman–Crippen MR) is 65.8 cm³/mol. The molecule has 3 nitrogen and oxygen atoms in total. The molecule has 0 N–H and O–H groups in total. The fraction of sp³-hybridized carbons (Fsp3) is 0.0769. The molecule has 2 rings (SSSR count). The summed E-state index contributed by atoms with van der Waals surface area (Å²) in [5.41, 5.74) is 0.429. The molecule has 0 radical (unpaired) electrons. The normalized spacial score (nSPS) is 11.2. The average Bonchev–Trinajstić information content (AvgIpc) is 2.37. The van der Waals surface area contributed by atoms with E-state index in [-0.39, 0.29) is 10.6 Å². The van der Waals surface area contributed by atoms with E-state index in [0.717, 1.165) is 12.1 Å². The molecule has 1 heterocycles. The Bertz CT molecular complexity index is 629. The van der Waals surface area contributed by atoms with Crippen LogP contribution in [0.4, 0.5) is 13.2 Å². The van der Waals surface area contributed by atoms with Gasteiger partial charge in [0.2, 0.25) is 0 Å². The lowest BCUT2D eigenvalue weighted by atomic mass is 10.0. The Labute approximate surface area is 117 Å². The molecule has 2 aromatic rings. The van der Waals surface area contributed by atoms with E-state index in [1.165, 1.54) is 30.6 Å². The second-order valence-electron chi connectivity index (χ2n) is 3.75. The summed E-state index contributed by atoms with van der Waals surface area (Å²) in [5, 5.41) is -0.117. The van der Waals surface area contributed by atoms with Crippen molar-refractivity contribution < 1.29 is 22.7 Å². The minimum absolute atomic E-state index is 0.0902. The van der Waals surface area contributed by atoms with Crippen LogP contribution in [0, 0.1) is 0 Å². The zero-order valence-electron chi connectivity index (χ0n) is 9.82. The van der Waals surface area contributed by atoms with Crippen LogP contribution in [-0.2, 0) is 0 Å². The van der Waals surface area contributed by atoms with E-state index in [1.54, 1.807) is 0 Å². The van der Waals surface area contributed by atoms with E-state index in [0.29, 0.717) is 5.56 Å². The van der Waals surface area contributed by atoms with Gasteiger partial charge in [-0.15, -0.1) is 13.2 Å². The van der Waals surface area contributed by atoms with Gasteiger partial charge < -0.3 is 4.74 Å². The summed E-state index contributed by atoms with van der Waals surface area (Å²) < 4.78 is 39.9. The quantitative estimate of drug-likeness (QED) is 0.808. The largest absolute Gasteiger partial charge is 0.573 e. The highest BCUT2D eigenvalue weighted by Gasteiger charge is 2.31. The smallest absolute Gasteiger partial charge is 0.406 e. The van der Waals surface area contributed by atoms with Gasteiger partial charge in [-0.25, -0.2) is 0 Å². The predicted octanol–water partition coefficient (Wildman–Crippen LogP) is 3.86. The molecule has 0 amide bonds. The van der Waals surface area contributed by atoms with Gasteiger partial charge >= 0.3 is 6.36 Å². The Morgan fingerprint density at radius 1 is 1.15 bits per heavy atom. The Kier molecular flexibility index (Phi) is 3.94. The number of carbonyl (C=O) groups is 1. The maximum atomic E-state index is 12.1. The Hall–Kier alpha value is -2.08. The first-order valence-electron chi connectivity index (χ1n) is 5.37. The fourth-order valence-electron chi connectivity index (χ4n) is 1.54. The number of alkyl halides is 3. The number of benzene rings is 1. The van der Waals surface area contributed by atoms with Crippen molar-refractivity contribution >= 4 is 17.4 Å². The third-order valence-corrected chi connectivity index (χ3v) is 2.67. The van der Waals surface area contributed by atoms with E-state index in [2.05, 4.69) is 9.72 Å². The van der Waals surface area contributed by atoms with Crippen molar-refractivity contribution in [3.05, 3.63) is 58.9 Å². The highest BCUT2D eigenvalue weighted by Crippen LogP contribution is 2.28. The molecule has 0 spiro atoms. The van der Waals surface area contributed by atoms with Gasteiger partial charge in [-0.2, -0.15) is 0 Å². The molecule has 104 valence electrons. The van der Waals surface area contributed by atoms with Crippen molar-refractivity contribution in [1.82, 2.24) is 4.98 Å². The molecule has 0 saturated carbocycles. The number of halogens is 4. The lowest BCUT2D eigenvalue weighted by molar-refractivity contribution is -0.274. The SMILES string of the molecule is O=C(c1ccncc1)c1ccc(OC(F)(F)F)cc1Cl. The van der Waals surface area contributed by atoms with Gasteiger partial charge in [0.15, 0.2) is 5.78 Å². The Morgan fingerprint density at radius 3 is 2.35 bits per heavy atom. The van der Waals surface area contributed by atoms with Gasteiger partial charge in [0, 0.05) is 23.5 Å². The molecule has 0 atom stereocenters. The van der Waals surface area contributed by atoms with E-state index in [9.17, 15) is 18.0 Å². The number of hydrogen-bond acceptors (Lipinski definition) is 3. The number of carbonyl (C=O) groups excluding carboxylic acids is 1. The second-order valence-corrected chi connectivity index (χ2v) is 4.16. The molecular formula is C13H7ClF3NO2. The molecule has 0 aliphatic rings. The van der Waals surface area contributed by atoms with Crippen molar-refractivity contribution in [1.29, 1.82) is 0 Å². The Morgan fingerprint density at radius 2 is 1.80 bits per heavy atom. The van der Waals surface area contributed by atoms with Crippen LogP contribution in [0.2, 0.25) is 5.02 Å². The standard InChI is InChI=1S/C13H7ClF3NO2/c14-11-7-9(20-13(15,16)17)1-2-10(11)12(19)8-3-5-18-6-4-8/h1-7H. The summed E-state index contributed by atoms with van der Waals surface area (Å²) in [4.78, 5) is 15.9. The number of ketones is 1. The molecule has 0 aliphatic carbocycles. The topological polar surface area (TPSA) is 39.2 Å². The van der Waals surface area contributed by atoms with Crippen molar-refractivity contribution in [3.8, 4) is 5.75 Å². The van der Waals surface area contributed by atoms with Gasteiger partial charge in [0.05, 0.1) is 5.02 Å². The van der Waals surface area contributed by atoms with Crippen molar-refractivity contribution in [2.24, 2.45) is 0 Å². The van der Waals surface area contributed by atoms with E-state index >= 15 is 0 Å². The zero-order valence-corrected chi connectivity index (χ0v) is 10.6. The lowest BCUT2D eigenvalue weighted by Crippen LogP contribution is -2.17. The molecule has 0 unspecified atom stereocenters. The summed E-state index contributed by atoms with van der Waals surface area (Å²) in [7, 11) is 0. The van der Waals surface area contributed by atoms with Gasteiger partial charge in [0.1, 0.15) is 5.75 Å². The minimum atomic E-state index is -4.81. The van der Waals surface area contributed by atoms with Crippen LogP contribution in [0.25, 0.3) is 0 Å². The molecule has 20 heavy (non-hydrogen) atoms. The maximum absolute atomic E-state index is 12.1. The van der Waals surface area contributed by atoms with Crippen LogP contribution in [0.3, 0.4) is 0 Å². The lowest BCUT2D eigenvalue weighted by Gasteiger charge is -2.10. The third-order valence-electron chi connectivity index (χ3n) is 2.36. The van der Waals surface area contributed by atoms with Crippen LogP contribution in [-0.4, -0.2) is 17.1 Å². The second kappa shape index (κ2) is 5.50. The summed E-state index contributed by atoms with van der Waals surface area (Å²) in [6.07, 6.45) is -1.94. The maximum Gasteiger partial charge on any atom is 0.573 e. The van der Waals surface area contributed by atoms with Crippen LogP contribution in [0.1, 0.15) is 15.9 Å². The Balaban J connectivity index is 2.29. The number of pyridine rings is 1. The minimum Gasteiger partial charge on any atom is -0.406 e. The van der Waals surface area contributed by atoms with Crippen molar-refractivity contribution in [2.75, 3.05) is 0 Å². The van der Waals surface area contributed by atoms with Gasteiger partial charge in [0.25, 0.3) is 0 Å². The van der Waals surface area contributed by atoms with E-state index in [1.807, 2.05) is 0 Å². The van der Waals surface area contributed by atoms with E-state index < -0.39 is 17.9 Å². The molecular weight excluding hydrogens is 295 g/mol. The zero-order chi connectivity index (χ0) is 14.8. The van der Waals surface area contributed by atoms with E-state index in [4.69, 9.17) is 11.6 Å². The average molecular weight is 302 g/mol. The highest BCUT2D eigenvalue weighted by atomic mass is 35.5. The third kappa shape index (κ3) is 3.48. The number of ether oxygens (including phenoxy) is 1. The monoisotopic (exact) mass is 301 g/mol. The molecule has 0 aliphatic heterocycles. The van der Waals surface area contributed by atoms with Gasteiger partial charge in [-0.3, -0.25) is 9.78 Å². The number of hydrogen-bond donors (Lipinski definition) is 0. The first-order chi connectivity index (χ1) is 9.37. The summed E-state index contributed by atoms with van der Waals surface area (Å²) in [5.74, 6) is -0.885. The van der Waals surface area contributed by atoms with Gasteiger partial charge in [-0.05, 0) is 30.3 Å². The number of rotatable bonds is 3. The van der Waals surface area contributed by atoms with Crippen LogP contribution in [0.15, 0.2) is 42.7 Å². The highest BCUT2D eigenvalue weighted by molar-refractivity contribution is 6.35. The molecule has 0 saturated heterocycles. The van der Waals surface area contributed by atoms with Crippen molar-refractivity contribution in [3.63, 3.8) is 0 Å². The molecule has 0 bridgehead atoms. The van der Waals surface area contributed by atoms with Crippen LogP contribution >= 0.6 is 11.6 Å². The molecule has 7 heteroatoms. The number of nitrogens with zero attached hydrogens (tertiary/aromatic N) is 1. The summed E-state index contributed by atoms with van der Waals surface area (Å²) in [6.45, 7) is 0. The summed E-state index contributed by atoms with van der Waals surface area (Å²) in [6, 6.07) is 6.14. The summed E-state index contributed by atoms with van der Waals surface area (Å²) >= 11 is 5.82. The molecule has 0 fully saturated rings. The molecule has 1 aromatic heterocycles. The van der Waals surface area contributed by atoms with Crippen molar-refractivity contribution in [2.45, 2.75) is 6.36 Å². The molecule has 1 aromatic carbocycles. The van der Waals surface area contributed by atoms with Crippen LogP contribution in [0.5, 0.6) is 5.75 Å². The van der Waals surface area contributed by atoms with Gasteiger partial charge in [-0.1, -0.05) is 11.6 Å². The fourth-order valence-corrected chi connectivity index (χ4v) is 1.79. The first kappa shape index (κ1) is 14.3. The first-order valence-corrected chi connectivity index (χ1v) is 5.74.